The zero-order valence-corrected chi connectivity index (χ0v) is 11.9. The topological polar surface area (TPSA) is 39.7 Å². The molecule has 3 rings (SSSR count). The van der Waals surface area contributed by atoms with Crippen LogP contribution in [-0.2, 0) is 11.3 Å². The maximum absolute atomic E-state index is 5.82. The summed E-state index contributed by atoms with van der Waals surface area (Å²) >= 11 is 0. The van der Waals surface area contributed by atoms with Gasteiger partial charge in [-0.2, -0.15) is 0 Å². The first-order valence-electron chi connectivity index (χ1n) is 7.63. The first kappa shape index (κ1) is 13.7. The van der Waals surface area contributed by atoms with E-state index < -0.39 is 0 Å². The minimum Gasteiger partial charge on any atom is -0.486 e. The summed E-state index contributed by atoms with van der Waals surface area (Å²) in [6, 6.07) is 6.12. The summed E-state index contributed by atoms with van der Waals surface area (Å²) in [6.07, 6.45) is 5.64. The maximum atomic E-state index is 5.82. The van der Waals surface area contributed by atoms with Gasteiger partial charge in [-0.05, 0) is 30.5 Å². The average Bonchev–Trinajstić information content (AvgIpc) is 3.00. The molecule has 4 nitrogen and oxygen atoms in total. The summed E-state index contributed by atoms with van der Waals surface area (Å²) in [5.74, 6) is 1.71. The fourth-order valence-corrected chi connectivity index (χ4v) is 2.78. The molecule has 0 bridgehead atoms. The van der Waals surface area contributed by atoms with E-state index in [1.54, 1.807) is 0 Å². The summed E-state index contributed by atoms with van der Waals surface area (Å²) in [7, 11) is 0. The SMILES string of the molecule is c1cc2c(cc1CNCCOC1CCCC1)OCCO2. The Labute approximate surface area is 120 Å². The van der Waals surface area contributed by atoms with Crippen LogP contribution in [0.5, 0.6) is 11.5 Å². The molecule has 0 unspecified atom stereocenters. The van der Waals surface area contributed by atoms with Gasteiger partial charge in [0.15, 0.2) is 11.5 Å². The van der Waals surface area contributed by atoms with Crippen LogP contribution in [0, 0.1) is 0 Å². The van der Waals surface area contributed by atoms with Gasteiger partial charge in [0.1, 0.15) is 13.2 Å². The fraction of sp³-hybridized carbons (Fsp3) is 0.625. The van der Waals surface area contributed by atoms with Crippen molar-refractivity contribution in [3.63, 3.8) is 0 Å². The van der Waals surface area contributed by atoms with E-state index in [0.717, 1.165) is 31.2 Å². The molecule has 110 valence electrons. The quantitative estimate of drug-likeness (QED) is 0.811. The molecule has 0 amide bonds. The van der Waals surface area contributed by atoms with Gasteiger partial charge in [-0.3, -0.25) is 0 Å². The highest BCUT2D eigenvalue weighted by molar-refractivity contribution is 5.43. The van der Waals surface area contributed by atoms with Crippen LogP contribution in [-0.4, -0.2) is 32.5 Å². The number of rotatable bonds is 6. The first-order chi connectivity index (χ1) is 9.92. The monoisotopic (exact) mass is 277 g/mol. The zero-order valence-electron chi connectivity index (χ0n) is 11.9. The minimum absolute atomic E-state index is 0.506. The lowest BCUT2D eigenvalue weighted by atomic mass is 10.2. The average molecular weight is 277 g/mol. The van der Waals surface area contributed by atoms with E-state index in [0.29, 0.717) is 19.3 Å². The van der Waals surface area contributed by atoms with Crippen molar-refractivity contribution >= 4 is 0 Å². The molecule has 1 fully saturated rings. The molecule has 0 aromatic heterocycles. The van der Waals surface area contributed by atoms with Gasteiger partial charge >= 0.3 is 0 Å². The number of ether oxygens (including phenoxy) is 3. The van der Waals surface area contributed by atoms with Crippen LogP contribution in [0.4, 0.5) is 0 Å². The first-order valence-corrected chi connectivity index (χ1v) is 7.63. The third kappa shape index (κ3) is 3.64. The van der Waals surface area contributed by atoms with Crippen molar-refractivity contribution < 1.29 is 14.2 Å². The number of fused-ring (bicyclic) bond motifs is 1. The predicted molar refractivity (Wildman–Crippen MR) is 77.3 cm³/mol. The van der Waals surface area contributed by atoms with Gasteiger partial charge in [0, 0.05) is 13.1 Å². The molecule has 0 saturated heterocycles. The molecule has 1 N–H and O–H groups in total. The van der Waals surface area contributed by atoms with Crippen LogP contribution in [0.1, 0.15) is 31.2 Å². The van der Waals surface area contributed by atoms with Gasteiger partial charge in [0.25, 0.3) is 0 Å². The van der Waals surface area contributed by atoms with Crippen LogP contribution >= 0.6 is 0 Å². The molecule has 0 spiro atoms. The normalized spacial score (nSPS) is 18.4. The van der Waals surface area contributed by atoms with Gasteiger partial charge < -0.3 is 19.5 Å². The molecule has 2 aliphatic rings. The Hall–Kier alpha value is -1.26. The Morgan fingerprint density at radius 2 is 1.90 bits per heavy atom. The van der Waals surface area contributed by atoms with E-state index in [9.17, 15) is 0 Å². The number of hydrogen-bond acceptors (Lipinski definition) is 4. The van der Waals surface area contributed by atoms with Crippen molar-refractivity contribution in [2.24, 2.45) is 0 Å². The molecular formula is C16H23NO3. The van der Waals surface area contributed by atoms with Crippen LogP contribution in [0.25, 0.3) is 0 Å². The maximum Gasteiger partial charge on any atom is 0.161 e. The Morgan fingerprint density at radius 3 is 2.75 bits per heavy atom. The molecule has 1 saturated carbocycles. The Balaban J connectivity index is 1.37. The zero-order chi connectivity index (χ0) is 13.6. The third-order valence-electron chi connectivity index (χ3n) is 3.87. The lowest BCUT2D eigenvalue weighted by molar-refractivity contribution is 0.0602. The van der Waals surface area contributed by atoms with Crippen molar-refractivity contribution in [3.05, 3.63) is 23.8 Å². The molecule has 20 heavy (non-hydrogen) atoms. The van der Waals surface area contributed by atoms with Crippen LogP contribution < -0.4 is 14.8 Å². The highest BCUT2D eigenvalue weighted by Crippen LogP contribution is 2.30. The molecular weight excluding hydrogens is 254 g/mol. The van der Waals surface area contributed by atoms with E-state index in [2.05, 4.69) is 17.4 Å². The van der Waals surface area contributed by atoms with E-state index in [-0.39, 0.29) is 0 Å². The van der Waals surface area contributed by atoms with Gasteiger partial charge in [0.05, 0.1) is 12.7 Å². The summed E-state index contributed by atoms with van der Waals surface area (Å²) in [4.78, 5) is 0. The van der Waals surface area contributed by atoms with Crippen molar-refractivity contribution in [1.29, 1.82) is 0 Å². The van der Waals surface area contributed by atoms with Crippen molar-refractivity contribution in [2.75, 3.05) is 26.4 Å². The summed E-state index contributed by atoms with van der Waals surface area (Å²) < 4.78 is 16.9. The Morgan fingerprint density at radius 1 is 1.10 bits per heavy atom. The number of nitrogens with one attached hydrogen (secondary N) is 1. The molecule has 0 radical (unpaired) electrons. The third-order valence-corrected chi connectivity index (χ3v) is 3.87. The molecule has 0 atom stereocenters. The predicted octanol–water partition coefficient (Wildman–Crippen LogP) is 2.51. The van der Waals surface area contributed by atoms with Crippen LogP contribution in [0.15, 0.2) is 18.2 Å². The lowest BCUT2D eigenvalue weighted by Gasteiger charge is -2.19. The molecule has 1 heterocycles. The largest absolute Gasteiger partial charge is 0.486 e. The van der Waals surface area contributed by atoms with Gasteiger partial charge in [0.2, 0.25) is 0 Å². The molecule has 1 aromatic rings. The van der Waals surface area contributed by atoms with Crippen LogP contribution in [0.3, 0.4) is 0 Å². The molecule has 4 heteroatoms. The van der Waals surface area contributed by atoms with E-state index >= 15 is 0 Å². The minimum atomic E-state index is 0.506. The highest BCUT2D eigenvalue weighted by Gasteiger charge is 2.14. The molecule has 1 aromatic carbocycles. The standard InChI is InChI=1S/C16H23NO3/c1-2-4-14(3-1)18-8-7-17-12-13-5-6-15-16(11-13)20-10-9-19-15/h5-6,11,14,17H,1-4,7-10,12H2. The Kier molecular flexibility index (Phi) is 4.77. The van der Waals surface area contributed by atoms with Gasteiger partial charge in [-0.15, -0.1) is 0 Å². The van der Waals surface area contributed by atoms with E-state index in [4.69, 9.17) is 14.2 Å². The second-order valence-electron chi connectivity index (χ2n) is 5.43. The van der Waals surface area contributed by atoms with Crippen molar-refractivity contribution in [2.45, 2.75) is 38.3 Å². The fourth-order valence-electron chi connectivity index (χ4n) is 2.78. The van der Waals surface area contributed by atoms with Gasteiger partial charge in [-0.1, -0.05) is 18.9 Å². The summed E-state index contributed by atoms with van der Waals surface area (Å²) in [5, 5.41) is 3.41. The molecule has 1 aliphatic heterocycles. The highest BCUT2D eigenvalue weighted by atomic mass is 16.6. The summed E-state index contributed by atoms with van der Waals surface area (Å²) in [6.45, 7) is 3.81. The molecule has 1 aliphatic carbocycles. The second-order valence-corrected chi connectivity index (χ2v) is 5.43. The van der Waals surface area contributed by atoms with Gasteiger partial charge in [-0.25, -0.2) is 0 Å². The number of hydrogen-bond donors (Lipinski definition) is 1. The lowest BCUT2D eigenvalue weighted by Crippen LogP contribution is -2.22. The van der Waals surface area contributed by atoms with Crippen LogP contribution in [0.2, 0.25) is 0 Å². The number of benzene rings is 1. The van der Waals surface area contributed by atoms with Crippen molar-refractivity contribution in [3.8, 4) is 11.5 Å². The Bertz CT molecular complexity index is 430. The van der Waals surface area contributed by atoms with Crippen molar-refractivity contribution in [1.82, 2.24) is 5.32 Å². The summed E-state index contributed by atoms with van der Waals surface area (Å²) in [5.41, 5.74) is 1.22. The van der Waals surface area contributed by atoms with E-state index in [1.165, 1.54) is 31.2 Å². The smallest absolute Gasteiger partial charge is 0.161 e. The van der Waals surface area contributed by atoms with E-state index in [1.807, 2.05) is 6.07 Å². The second kappa shape index (κ2) is 6.95.